The van der Waals surface area contributed by atoms with Crippen molar-refractivity contribution in [2.45, 2.75) is 57.9 Å². The highest BCUT2D eigenvalue weighted by molar-refractivity contribution is 6.03. The summed E-state index contributed by atoms with van der Waals surface area (Å²) in [5.74, 6) is 1.14. The monoisotopic (exact) mass is 379 g/mol. The number of carbonyl (C=O) groups excluding carboxylic acids is 1. The van der Waals surface area contributed by atoms with E-state index in [1.54, 1.807) is 6.07 Å². The molecule has 1 saturated heterocycles. The van der Waals surface area contributed by atoms with E-state index in [1.807, 2.05) is 19.1 Å². The first kappa shape index (κ1) is 18.7. The fraction of sp³-hybridized carbons (Fsp3) is 0.500. The van der Waals surface area contributed by atoms with Crippen molar-refractivity contribution in [1.82, 2.24) is 9.97 Å². The Morgan fingerprint density at radius 1 is 1.00 bits per heavy atom. The van der Waals surface area contributed by atoms with Crippen LogP contribution < -0.4 is 15.5 Å². The molecular formula is C22H29N5O. The molecule has 6 nitrogen and oxygen atoms in total. The first-order chi connectivity index (χ1) is 13.7. The van der Waals surface area contributed by atoms with Gasteiger partial charge in [0.1, 0.15) is 17.3 Å². The van der Waals surface area contributed by atoms with Crippen LogP contribution in [0.2, 0.25) is 0 Å². The zero-order valence-electron chi connectivity index (χ0n) is 16.6. The molecule has 0 bridgehead atoms. The van der Waals surface area contributed by atoms with Crippen molar-refractivity contribution < 1.29 is 4.79 Å². The van der Waals surface area contributed by atoms with Crippen molar-refractivity contribution in [3.63, 3.8) is 0 Å². The minimum absolute atomic E-state index is 0.203. The molecule has 0 atom stereocenters. The Bertz CT molecular complexity index is 808. The van der Waals surface area contributed by atoms with Gasteiger partial charge < -0.3 is 15.5 Å². The molecule has 1 aromatic carbocycles. The second-order valence-electron chi connectivity index (χ2n) is 7.86. The minimum Gasteiger partial charge on any atom is -0.372 e. The van der Waals surface area contributed by atoms with E-state index in [-0.39, 0.29) is 5.91 Å². The number of hydrogen-bond donors (Lipinski definition) is 2. The molecule has 2 fully saturated rings. The molecule has 1 saturated carbocycles. The van der Waals surface area contributed by atoms with Crippen molar-refractivity contribution in [2.75, 3.05) is 28.6 Å². The smallest absolute Gasteiger partial charge is 0.274 e. The average molecular weight is 380 g/mol. The van der Waals surface area contributed by atoms with Gasteiger partial charge in [0.25, 0.3) is 5.91 Å². The summed E-state index contributed by atoms with van der Waals surface area (Å²) in [6.07, 6.45) is 8.65. The highest BCUT2D eigenvalue weighted by atomic mass is 16.1. The number of hydrogen-bond acceptors (Lipinski definition) is 5. The maximum atomic E-state index is 12.7. The topological polar surface area (TPSA) is 70.2 Å². The molecule has 0 unspecified atom stereocenters. The van der Waals surface area contributed by atoms with Crippen molar-refractivity contribution in [2.24, 2.45) is 0 Å². The number of anilines is 3. The molecule has 2 heterocycles. The number of nitrogens with one attached hydrogen (secondary N) is 2. The fourth-order valence-electron chi connectivity index (χ4n) is 4.14. The number of aryl methyl sites for hydroxylation is 1. The van der Waals surface area contributed by atoms with Gasteiger partial charge in [-0.25, -0.2) is 9.97 Å². The van der Waals surface area contributed by atoms with Gasteiger partial charge in [-0.15, -0.1) is 0 Å². The van der Waals surface area contributed by atoms with Crippen molar-refractivity contribution in [3.8, 4) is 0 Å². The third-order valence-electron chi connectivity index (χ3n) is 5.62. The third kappa shape index (κ3) is 4.61. The molecular weight excluding hydrogens is 350 g/mol. The van der Waals surface area contributed by atoms with Crippen LogP contribution in [0.5, 0.6) is 0 Å². The van der Waals surface area contributed by atoms with Crippen LogP contribution >= 0.6 is 0 Å². The van der Waals surface area contributed by atoms with Crippen molar-refractivity contribution in [1.29, 1.82) is 0 Å². The predicted molar refractivity (Wildman–Crippen MR) is 113 cm³/mol. The van der Waals surface area contributed by atoms with Gasteiger partial charge in [0.15, 0.2) is 0 Å². The molecule has 1 aromatic heterocycles. The normalized spacial score (nSPS) is 17.5. The fourth-order valence-corrected chi connectivity index (χ4v) is 4.14. The summed E-state index contributed by atoms with van der Waals surface area (Å²) in [4.78, 5) is 23.9. The molecule has 28 heavy (non-hydrogen) atoms. The molecule has 1 aliphatic carbocycles. The molecule has 0 spiro atoms. The van der Waals surface area contributed by atoms with Crippen LogP contribution in [0.3, 0.4) is 0 Å². The van der Waals surface area contributed by atoms with Crippen molar-refractivity contribution >= 4 is 23.1 Å². The van der Waals surface area contributed by atoms with Crippen LogP contribution in [0.1, 0.15) is 61.3 Å². The Morgan fingerprint density at radius 3 is 2.43 bits per heavy atom. The maximum absolute atomic E-state index is 12.7. The van der Waals surface area contributed by atoms with Gasteiger partial charge in [0, 0.05) is 36.6 Å². The summed E-state index contributed by atoms with van der Waals surface area (Å²) >= 11 is 0. The summed E-state index contributed by atoms with van der Waals surface area (Å²) in [5.41, 5.74) is 2.40. The molecule has 148 valence electrons. The summed E-state index contributed by atoms with van der Waals surface area (Å²) in [6, 6.07) is 10.3. The summed E-state index contributed by atoms with van der Waals surface area (Å²) in [6.45, 7) is 4.05. The van der Waals surface area contributed by atoms with Gasteiger partial charge in [-0.05, 0) is 63.3 Å². The molecule has 2 N–H and O–H groups in total. The van der Waals surface area contributed by atoms with E-state index < -0.39 is 0 Å². The van der Waals surface area contributed by atoms with E-state index in [2.05, 4.69) is 37.6 Å². The van der Waals surface area contributed by atoms with E-state index in [9.17, 15) is 4.79 Å². The van der Waals surface area contributed by atoms with E-state index in [4.69, 9.17) is 0 Å². The van der Waals surface area contributed by atoms with Gasteiger partial charge >= 0.3 is 0 Å². The molecule has 0 radical (unpaired) electrons. The summed E-state index contributed by atoms with van der Waals surface area (Å²) in [7, 11) is 0. The van der Waals surface area contributed by atoms with Crippen LogP contribution in [-0.4, -0.2) is 35.0 Å². The van der Waals surface area contributed by atoms with E-state index in [1.165, 1.54) is 37.8 Å². The van der Waals surface area contributed by atoms with Crippen LogP contribution in [0.15, 0.2) is 30.3 Å². The van der Waals surface area contributed by atoms with Crippen molar-refractivity contribution in [3.05, 3.63) is 41.9 Å². The van der Waals surface area contributed by atoms with Crippen LogP contribution in [-0.2, 0) is 0 Å². The second kappa shape index (κ2) is 8.59. The lowest BCUT2D eigenvalue weighted by Gasteiger charge is -2.28. The molecule has 1 amide bonds. The lowest BCUT2D eigenvalue weighted by molar-refractivity contribution is 0.102. The standard InChI is InChI=1S/C22H29N5O/c1-16-23-20(15-21(24-16)25-17-7-3-4-8-17)22(28)26-18-9-11-19(12-10-18)27-13-5-2-6-14-27/h9-12,15,17H,2-8,13-14H2,1H3,(H,26,28)(H,23,24,25). The number of benzene rings is 1. The highest BCUT2D eigenvalue weighted by Crippen LogP contribution is 2.23. The zero-order chi connectivity index (χ0) is 19.3. The second-order valence-corrected chi connectivity index (χ2v) is 7.86. The minimum atomic E-state index is -0.203. The van der Waals surface area contributed by atoms with Crippen LogP contribution in [0.25, 0.3) is 0 Å². The summed E-state index contributed by atoms with van der Waals surface area (Å²) < 4.78 is 0. The molecule has 1 aliphatic heterocycles. The molecule has 4 rings (SSSR count). The van der Waals surface area contributed by atoms with Crippen LogP contribution in [0, 0.1) is 6.92 Å². The first-order valence-corrected chi connectivity index (χ1v) is 10.5. The Labute approximate surface area is 166 Å². The summed E-state index contributed by atoms with van der Waals surface area (Å²) in [5, 5.41) is 6.41. The number of carbonyl (C=O) groups is 1. The van der Waals surface area contributed by atoms with Gasteiger partial charge in [-0.2, -0.15) is 0 Å². The Balaban J connectivity index is 1.42. The third-order valence-corrected chi connectivity index (χ3v) is 5.62. The number of amides is 1. The van der Waals surface area contributed by atoms with Gasteiger partial charge in [0.2, 0.25) is 0 Å². The average Bonchev–Trinajstić information content (AvgIpc) is 3.22. The first-order valence-electron chi connectivity index (χ1n) is 10.5. The predicted octanol–water partition coefficient (Wildman–Crippen LogP) is 4.38. The number of rotatable bonds is 5. The van der Waals surface area contributed by atoms with Gasteiger partial charge in [0.05, 0.1) is 0 Å². The lowest BCUT2D eigenvalue weighted by Crippen LogP contribution is -2.29. The highest BCUT2D eigenvalue weighted by Gasteiger charge is 2.17. The Morgan fingerprint density at radius 2 is 1.71 bits per heavy atom. The quantitative estimate of drug-likeness (QED) is 0.807. The Hall–Kier alpha value is -2.63. The Kier molecular flexibility index (Phi) is 5.74. The SMILES string of the molecule is Cc1nc(NC2CCCC2)cc(C(=O)Nc2ccc(N3CCCCC3)cc2)n1. The number of aromatic nitrogens is 2. The molecule has 2 aliphatic rings. The van der Waals surface area contributed by atoms with Crippen LogP contribution in [0.4, 0.5) is 17.2 Å². The molecule has 6 heteroatoms. The van der Waals surface area contributed by atoms with E-state index in [0.717, 1.165) is 37.4 Å². The van der Waals surface area contributed by atoms with E-state index in [0.29, 0.717) is 17.6 Å². The van der Waals surface area contributed by atoms with Gasteiger partial charge in [-0.1, -0.05) is 12.8 Å². The number of piperidine rings is 1. The molecule has 2 aromatic rings. The van der Waals surface area contributed by atoms with Gasteiger partial charge in [-0.3, -0.25) is 4.79 Å². The largest absolute Gasteiger partial charge is 0.372 e. The maximum Gasteiger partial charge on any atom is 0.274 e. The lowest BCUT2D eigenvalue weighted by atomic mass is 10.1. The van der Waals surface area contributed by atoms with E-state index >= 15 is 0 Å². The zero-order valence-corrected chi connectivity index (χ0v) is 16.6. The number of nitrogens with zero attached hydrogens (tertiary/aromatic N) is 3.